The maximum Gasteiger partial charge on any atom is 0.221 e. The van der Waals surface area contributed by atoms with Crippen LogP contribution < -0.4 is 11.1 Å². The molecule has 0 saturated heterocycles. The third kappa shape index (κ3) is 3.32. The number of nitrogens with one attached hydrogen (secondary N) is 1. The fourth-order valence-corrected chi connectivity index (χ4v) is 0.977. The van der Waals surface area contributed by atoms with Crippen molar-refractivity contribution in [1.29, 1.82) is 0 Å². The summed E-state index contributed by atoms with van der Waals surface area (Å²) in [5, 5.41) is 2.37. The average molecular weight is 219 g/mol. The fourth-order valence-electron chi connectivity index (χ4n) is 0.977. The zero-order valence-electron chi connectivity index (χ0n) is 7.71. The molecule has 3 nitrogen and oxygen atoms in total. The van der Waals surface area contributed by atoms with Crippen molar-refractivity contribution >= 4 is 24.0 Å². The Labute approximate surface area is 87.9 Å². The molecule has 14 heavy (non-hydrogen) atoms. The van der Waals surface area contributed by atoms with Crippen LogP contribution in [0.25, 0.3) is 0 Å². The molecule has 1 rings (SSSR count). The summed E-state index contributed by atoms with van der Waals surface area (Å²) in [6, 6.07) is 4.48. The molecule has 3 N–H and O–H groups in total. The predicted octanol–water partition coefficient (Wildman–Crippen LogP) is 1.66. The van der Waals surface area contributed by atoms with E-state index in [0.717, 1.165) is 0 Å². The second kappa shape index (κ2) is 5.57. The van der Waals surface area contributed by atoms with Crippen LogP contribution in [0.1, 0.15) is 12.5 Å². The Morgan fingerprint density at radius 3 is 2.64 bits per heavy atom. The Hall–Kier alpha value is -1.13. The summed E-state index contributed by atoms with van der Waals surface area (Å²) < 4.78 is 13.1. The van der Waals surface area contributed by atoms with Crippen molar-refractivity contribution in [2.24, 2.45) is 5.73 Å². The average Bonchev–Trinajstić information content (AvgIpc) is 2.08. The summed E-state index contributed by atoms with van der Waals surface area (Å²) in [5.41, 5.74) is 6.20. The van der Waals surface area contributed by atoms with E-state index in [2.05, 4.69) is 5.32 Å². The van der Waals surface area contributed by atoms with Gasteiger partial charge in [0.05, 0.1) is 5.69 Å². The number of nitrogens with two attached hydrogens (primary N) is 1. The predicted molar refractivity (Wildman–Crippen MR) is 55.8 cm³/mol. The van der Waals surface area contributed by atoms with Crippen LogP contribution in [0, 0.1) is 5.82 Å². The lowest BCUT2D eigenvalue weighted by atomic mass is 10.2. The van der Waals surface area contributed by atoms with Crippen LogP contribution in [0.15, 0.2) is 18.2 Å². The van der Waals surface area contributed by atoms with Crippen LogP contribution in [-0.4, -0.2) is 5.91 Å². The normalized spacial score (nSPS) is 9.07. The van der Waals surface area contributed by atoms with Crippen molar-refractivity contribution in [3.63, 3.8) is 0 Å². The minimum Gasteiger partial charge on any atom is -0.326 e. The highest BCUT2D eigenvalue weighted by molar-refractivity contribution is 5.88. The first kappa shape index (κ1) is 12.9. The molecule has 0 spiro atoms. The van der Waals surface area contributed by atoms with Gasteiger partial charge in [0.25, 0.3) is 0 Å². The number of halogens is 2. The van der Waals surface area contributed by atoms with Crippen molar-refractivity contribution < 1.29 is 9.18 Å². The summed E-state index contributed by atoms with van der Waals surface area (Å²) in [4.78, 5) is 10.6. The Balaban J connectivity index is 0.00000169. The van der Waals surface area contributed by atoms with Gasteiger partial charge in [-0.25, -0.2) is 4.39 Å². The van der Waals surface area contributed by atoms with E-state index in [1.165, 1.54) is 19.1 Å². The van der Waals surface area contributed by atoms with Gasteiger partial charge in [0.15, 0.2) is 0 Å². The standard InChI is InChI=1S/C9H11FN2O.ClH/c1-6(13)12-9-3-2-7(5-11)4-8(9)10;/h2-4H,5,11H2,1H3,(H,12,13);1H. The van der Waals surface area contributed by atoms with Crippen molar-refractivity contribution in [3.05, 3.63) is 29.6 Å². The van der Waals surface area contributed by atoms with Gasteiger partial charge in [-0.1, -0.05) is 6.07 Å². The van der Waals surface area contributed by atoms with Gasteiger partial charge in [0.2, 0.25) is 5.91 Å². The number of hydrogen-bond donors (Lipinski definition) is 2. The highest BCUT2D eigenvalue weighted by Gasteiger charge is 2.03. The lowest BCUT2D eigenvalue weighted by Gasteiger charge is -2.04. The van der Waals surface area contributed by atoms with E-state index < -0.39 is 5.82 Å². The van der Waals surface area contributed by atoms with Crippen LogP contribution in [0.2, 0.25) is 0 Å². The molecule has 78 valence electrons. The topological polar surface area (TPSA) is 55.1 Å². The molecule has 0 radical (unpaired) electrons. The number of rotatable bonds is 2. The van der Waals surface area contributed by atoms with E-state index in [9.17, 15) is 9.18 Å². The fraction of sp³-hybridized carbons (Fsp3) is 0.222. The second-order valence-corrected chi connectivity index (χ2v) is 2.70. The van der Waals surface area contributed by atoms with E-state index in [0.29, 0.717) is 5.56 Å². The first-order valence-electron chi connectivity index (χ1n) is 3.89. The van der Waals surface area contributed by atoms with E-state index >= 15 is 0 Å². The number of hydrogen-bond acceptors (Lipinski definition) is 2. The summed E-state index contributed by atoms with van der Waals surface area (Å²) >= 11 is 0. The largest absolute Gasteiger partial charge is 0.326 e. The van der Waals surface area contributed by atoms with E-state index in [4.69, 9.17) is 5.73 Å². The van der Waals surface area contributed by atoms with E-state index in [1.807, 2.05) is 0 Å². The van der Waals surface area contributed by atoms with Crippen LogP contribution >= 0.6 is 12.4 Å². The van der Waals surface area contributed by atoms with Crippen molar-refractivity contribution in [2.75, 3.05) is 5.32 Å². The molecular formula is C9H12ClFN2O. The zero-order chi connectivity index (χ0) is 9.84. The van der Waals surface area contributed by atoms with Crippen LogP contribution in [0.5, 0.6) is 0 Å². The van der Waals surface area contributed by atoms with Gasteiger partial charge in [0, 0.05) is 13.5 Å². The molecule has 1 aromatic carbocycles. The highest BCUT2D eigenvalue weighted by Crippen LogP contribution is 2.15. The van der Waals surface area contributed by atoms with Crippen LogP contribution in [0.4, 0.5) is 10.1 Å². The molecule has 0 unspecified atom stereocenters. The van der Waals surface area contributed by atoms with E-state index in [-0.39, 0.29) is 30.5 Å². The van der Waals surface area contributed by atoms with Gasteiger partial charge in [-0.3, -0.25) is 4.79 Å². The van der Waals surface area contributed by atoms with Crippen molar-refractivity contribution in [3.8, 4) is 0 Å². The second-order valence-electron chi connectivity index (χ2n) is 2.70. The Morgan fingerprint density at radius 2 is 2.21 bits per heavy atom. The maximum atomic E-state index is 13.1. The molecule has 0 aliphatic carbocycles. The van der Waals surface area contributed by atoms with Crippen LogP contribution in [0.3, 0.4) is 0 Å². The number of benzene rings is 1. The minimum absolute atomic E-state index is 0. The minimum atomic E-state index is -0.460. The van der Waals surface area contributed by atoms with Gasteiger partial charge >= 0.3 is 0 Å². The Kier molecular flexibility index (Phi) is 5.12. The molecule has 0 fully saturated rings. The van der Waals surface area contributed by atoms with Crippen molar-refractivity contribution in [2.45, 2.75) is 13.5 Å². The lowest BCUT2D eigenvalue weighted by Crippen LogP contribution is -2.08. The van der Waals surface area contributed by atoms with Gasteiger partial charge in [-0.2, -0.15) is 0 Å². The monoisotopic (exact) mass is 218 g/mol. The van der Waals surface area contributed by atoms with Crippen molar-refractivity contribution in [1.82, 2.24) is 0 Å². The number of carbonyl (C=O) groups is 1. The molecule has 0 aliphatic heterocycles. The zero-order valence-corrected chi connectivity index (χ0v) is 8.53. The third-order valence-corrected chi connectivity index (χ3v) is 1.58. The molecular weight excluding hydrogens is 207 g/mol. The third-order valence-electron chi connectivity index (χ3n) is 1.58. The number of amides is 1. The summed E-state index contributed by atoms with van der Waals surface area (Å²) in [5.74, 6) is -0.752. The molecule has 1 amide bonds. The van der Waals surface area contributed by atoms with Gasteiger partial charge < -0.3 is 11.1 Å². The van der Waals surface area contributed by atoms with Gasteiger partial charge in [0.1, 0.15) is 5.82 Å². The quantitative estimate of drug-likeness (QED) is 0.794. The first-order valence-corrected chi connectivity index (χ1v) is 3.89. The Bertz CT molecular complexity index is 331. The van der Waals surface area contributed by atoms with Gasteiger partial charge in [-0.15, -0.1) is 12.4 Å². The first-order chi connectivity index (χ1) is 6.13. The van der Waals surface area contributed by atoms with E-state index in [1.54, 1.807) is 6.07 Å². The molecule has 1 aromatic rings. The summed E-state index contributed by atoms with van der Waals surface area (Å²) in [7, 11) is 0. The molecule has 0 bridgehead atoms. The molecule has 0 atom stereocenters. The smallest absolute Gasteiger partial charge is 0.221 e. The summed E-state index contributed by atoms with van der Waals surface area (Å²) in [6.45, 7) is 1.62. The molecule has 0 aliphatic rings. The number of anilines is 1. The molecule has 0 heterocycles. The van der Waals surface area contributed by atoms with Crippen LogP contribution in [-0.2, 0) is 11.3 Å². The summed E-state index contributed by atoms with van der Waals surface area (Å²) in [6.07, 6.45) is 0. The Morgan fingerprint density at radius 1 is 1.57 bits per heavy atom. The number of carbonyl (C=O) groups excluding carboxylic acids is 1. The molecule has 0 saturated carbocycles. The lowest BCUT2D eigenvalue weighted by molar-refractivity contribution is -0.114. The SMILES string of the molecule is CC(=O)Nc1ccc(CN)cc1F.Cl. The molecule has 0 aromatic heterocycles. The maximum absolute atomic E-state index is 13.1. The molecule has 5 heteroatoms. The van der Waals surface area contributed by atoms with Gasteiger partial charge in [-0.05, 0) is 17.7 Å². The highest BCUT2D eigenvalue weighted by atomic mass is 35.5.